The summed E-state index contributed by atoms with van der Waals surface area (Å²) in [7, 11) is 0. The molecule has 2 fully saturated rings. The van der Waals surface area contributed by atoms with E-state index >= 15 is 0 Å². The Hall–Kier alpha value is -0.810. The number of thioether (sulfide) groups is 2. The van der Waals surface area contributed by atoms with Crippen LogP contribution >= 0.6 is 23.5 Å². The fraction of sp³-hybridized carbons (Fsp3) is 0.611. The lowest BCUT2D eigenvalue weighted by Gasteiger charge is -2.22. The predicted octanol–water partition coefficient (Wildman–Crippen LogP) is 5.40. The van der Waals surface area contributed by atoms with Crippen LogP contribution in [0.3, 0.4) is 0 Å². The van der Waals surface area contributed by atoms with E-state index in [2.05, 4.69) is 22.8 Å². The van der Waals surface area contributed by atoms with Gasteiger partial charge in [0.05, 0.1) is 4.58 Å². The second-order valence-corrected chi connectivity index (χ2v) is 9.06. The van der Waals surface area contributed by atoms with Gasteiger partial charge in [0.15, 0.2) is 0 Å². The van der Waals surface area contributed by atoms with E-state index in [9.17, 15) is 4.79 Å². The maximum Gasteiger partial charge on any atom is 0.319 e. The Bertz CT molecular complexity index is 509. The van der Waals surface area contributed by atoms with Crippen molar-refractivity contribution in [1.82, 2.24) is 5.32 Å². The van der Waals surface area contributed by atoms with Gasteiger partial charge in [-0.1, -0.05) is 37.8 Å². The molecule has 0 bridgehead atoms. The fourth-order valence-electron chi connectivity index (χ4n) is 3.22. The van der Waals surface area contributed by atoms with Crippen LogP contribution in [0.15, 0.2) is 24.3 Å². The number of hydrogen-bond donors (Lipinski definition) is 2. The van der Waals surface area contributed by atoms with Gasteiger partial charge in [-0.3, -0.25) is 0 Å². The first kappa shape index (κ1) is 17.0. The van der Waals surface area contributed by atoms with Crippen LogP contribution < -0.4 is 10.6 Å². The number of anilines is 1. The minimum absolute atomic E-state index is 0.0574. The largest absolute Gasteiger partial charge is 0.335 e. The van der Waals surface area contributed by atoms with Crippen LogP contribution in [0.1, 0.15) is 55.1 Å². The van der Waals surface area contributed by atoms with Crippen molar-refractivity contribution < 1.29 is 4.79 Å². The van der Waals surface area contributed by atoms with Crippen LogP contribution in [0.25, 0.3) is 0 Å². The Balaban J connectivity index is 1.55. The molecule has 1 aliphatic carbocycles. The summed E-state index contributed by atoms with van der Waals surface area (Å²) in [5.41, 5.74) is 2.22. The third-order valence-corrected chi connectivity index (χ3v) is 7.45. The van der Waals surface area contributed by atoms with Gasteiger partial charge in [0.2, 0.25) is 0 Å². The summed E-state index contributed by atoms with van der Waals surface area (Å²) in [4.78, 5) is 12.2. The minimum Gasteiger partial charge on any atom is -0.335 e. The third kappa shape index (κ3) is 5.35. The number of rotatable bonds is 3. The maximum atomic E-state index is 12.2. The van der Waals surface area contributed by atoms with Crippen molar-refractivity contribution in [2.45, 2.75) is 55.6 Å². The first-order chi connectivity index (χ1) is 11.3. The minimum atomic E-state index is -0.0574. The van der Waals surface area contributed by atoms with Gasteiger partial charge in [-0.25, -0.2) is 4.79 Å². The normalized spacial score (nSPS) is 20.7. The number of hydrogen-bond acceptors (Lipinski definition) is 3. The summed E-state index contributed by atoms with van der Waals surface area (Å²) in [6.45, 7) is 0. The topological polar surface area (TPSA) is 41.1 Å². The van der Waals surface area contributed by atoms with E-state index < -0.39 is 0 Å². The number of amides is 2. The van der Waals surface area contributed by atoms with Gasteiger partial charge < -0.3 is 10.6 Å². The van der Waals surface area contributed by atoms with Gasteiger partial charge in [-0.05, 0) is 48.5 Å². The van der Waals surface area contributed by atoms with E-state index in [-0.39, 0.29) is 6.03 Å². The Labute approximate surface area is 147 Å². The van der Waals surface area contributed by atoms with Crippen molar-refractivity contribution in [2.75, 3.05) is 16.8 Å². The molecule has 1 saturated heterocycles. The molecule has 1 aromatic carbocycles. The molecule has 0 aromatic heterocycles. The maximum absolute atomic E-state index is 12.2. The molecule has 0 atom stereocenters. The zero-order chi connectivity index (χ0) is 15.9. The van der Waals surface area contributed by atoms with Gasteiger partial charge >= 0.3 is 6.03 Å². The zero-order valence-corrected chi connectivity index (χ0v) is 15.2. The van der Waals surface area contributed by atoms with E-state index in [4.69, 9.17) is 0 Å². The highest BCUT2D eigenvalue weighted by Gasteiger charge is 2.18. The van der Waals surface area contributed by atoms with Crippen molar-refractivity contribution in [3.05, 3.63) is 29.8 Å². The predicted molar refractivity (Wildman–Crippen MR) is 102 cm³/mol. The molecular weight excluding hydrogens is 324 g/mol. The lowest BCUT2D eigenvalue weighted by Crippen LogP contribution is -2.37. The van der Waals surface area contributed by atoms with Crippen molar-refractivity contribution in [3.63, 3.8) is 0 Å². The first-order valence-corrected chi connectivity index (χ1v) is 10.8. The molecule has 126 valence electrons. The SMILES string of the molecule is O=C(Nc1cccc(C2SCCCS2)c1)NC1CCCCCC1. The summed E-state index contributed by atoms with van der Waals surface area (Å²) in [5.74, 6) is 2.47. The molecule has 3 nitrogen and oxygen atoms in total. The third-order valence-electron chi connectivity index (χ3n) is 4.43. The molecule has 23 heavy (non-hydrogen) atoms. The number of benzene rings is 1. The smallest absolute Gasteiger partial charge is 0.319 e. The monoisotopic (exact) mass is 350 g/mol. The summed E-state index contributed by atoms with van der Waals surface area (Å²) >= 11 is 4.02. The van der Waals surface area contributed by atoms with Gasteiger partial charge in [0.25, 0.3) is 0 Å². The molecule has 1 aromatic rings. The van der Waals surface area contributed by atoms with E-state index in [0.29, 0.717) is 10.6 Å². The Morgan fingerprint density at radius 2 is 1.74 bits per heavy atom. The van der Waals surface area contributed by atoms with Crippen LogP contribution in [-0.4, -0.2) is 23.6 Å². The first-order valence-electron chi connectivity index (χ1n) is 8.72. The molecule has 0 unspecified atom stereocenters. The molecule has 2 N–H and O–H groups in total. The molecule has 2 aliphatic rings. The summed E-state index contributed by atoms with van der Waals surface area (Å²) in [6, 6.07) is 8.61. The number of nitrogens with one attached hydrogen (secondary N) is 2. The second-order valence-electron chi connectivity index (χ2n) is 6.34. The summed E-state index contributed by atoms with van der Waals surface area (Å²) in [5, 5.41) is 6.17. The average molecular weight is 351 g/mol. The molecular formula is C18H26N2OS2. The van der Waals surface area contributed by atoms with Crippen LogP contribution in [0.5, 0.6) is 0 Å². The van der Waals surface area contributed by atoms with Crippen LogP contribution in [0.4, 0.5) is 10.5 Å². The van der Waals surface area contributed by atoms with Crippen molar-refractivity contribution in [1.29, 1.82) is 0 Å². The lowest BCUT2D eigenvalue weighted by atomic mass is 10.1. The highest BCUT2D eigenvalue weighted by molar-refractivity contribution is 8.16. The Kier molecular flexibility index (Phi) is 6.57. The number of carbonyl (C=O) groups excluding carboxylic acids is 1. The van der Waals surface area contributed by atoms with Crippen molar-refractivity contribution in [2.24, 2.45) is 0 Å². The van der Waals surface area contributed by atoms with E-state index in [1.165, 1.54) is 49.2 Å². The number of urea groups is 1. The van der Waals surface area contributed by atoms with Crippen molar-refractivity contribution >= 4 is 35.2 Å². The van der Waals surface area contributed by atoms with Gasteiger partial charge in [-0.2, -0.15) is 0 Å². The highest BCUT2D eigenvalue weighted by atomic mass is 32.2. The van der Waals surface area contributed by atoms with E-state index in [1.807, 2.05) is 35.7 Å². The summed E-state index contributed by atoms with van der Waals surface area (Å²) < 4.78 is 0.510. The Morgan fingerprint density at radius 1 is 1.00 bits per heavy atom. The second kappa shape index (κ2) is 8.88. The molecule has 0 radical (unpaired) electrons. The van der Waals surface area contributed by atoms with E-state index in [1.54, 1.807) is 0 Å². The quantitative estimate of drug-likeness (QED) is 0.717. The Morgan fingerprint density at radius 3 is 2.48 bits per heavy atom. The molecule has 1 saturated carbocycles. The van der Waals surface area contributed by atoms with Crippen molar-refractivity contribution in [3.8, 4) is 0 Å². The van der Waals surface area contributed by atoms with E-state index in [0.717, 1.165) is 18.5 Å². The molecule has 0 spiro atoms. The van der Waals surface area contributed by atoms with Gasteiger partial charge in [-0.15, -0.1) is 23.5 Å². The molecule has 1 heterocycles. The number of carbonyl (C=O) groups is 1. The lowest BCUT2D eigenvalue weighted by molar-refractivity contribution is 0.247. The summed E-state index contributed by atoms with van der Waals surface area (Å²) in [6.07, 6.45) is 8.60. The fourth-order valence-corrected chi connectivity index (χ4v) is 6.09. The van der Waals surface area contributed by atoms with Gasteiger partial charge in [0.1, 0.15) is 0 Å². The molecule has 3 rings (SSSR count). The van der Waals surface area contributed by atoms with Crippen LogP contribution in [-0.2, 0) is 0 Å². The average Bonchev–Trinajstić information content (AvgIpc) is 2.84. The highest BCUT2D eigenvalue weighted by Crippen LogP contribution is 2.44. The molecule has 2 amide bonds. The van der Waals surface area contributed by atoms with Crippen LogP contribution in [0, 0.1) is 0 Å². The standard InChI is InChI=1S/C18H26N2OS2/c21-18(19-15-8-3-1-2-4-9-15)20-16-10-5-7-14(13-16)17-22-11-6-12-23-17/h5,7,10,13,15,17H,1-4,6,8-9,11-12H2,(H2,19,20,21). The van der Waals surface area contributed by atoms with Crippen LogP contribution in [0.2, 0.25) is 0 Å². The zero-order valence-electron chi connectivity index (χ0n) is 13.6. The molecule has 1 aliphatic heterocycles. The van der Waals surface area contributed by atoms with Gasteiger partial charge in [0, 0.05) is 11.7 Å². The molecule has 5 heteroatoms.